The van der Waals surface area contributed by atoms with E-state index in [0.717, 1.165) is 5.56 Å². The molecule has 1 saturated heterocycles. The first-order valence-electron chi connectivity index (χ1n) is 4.82. The van der Waals surface area contributed by atoms with Crippen molar-refractivity contribution < 1.29 is 14.6 Å². The van der Waals surface area contributed by atoms with Crippen LogP contribution in [0.3, 0.4) is 0 Å². The smallest absolute Gasteiger partial charge is 0.351 e. The molecule has 1 aromatic carbocycles. The van der Waals surface area contributed by atoms with Crippen molar-refractivity contribution in [1.29, 1.82) is 0 Å². The molecule has 0 radical (unpaired) electrons. The molecule has 4 heteroatoms. The number of hydrogen-bond donors (Lipinski definition) is 2. The average Bonchev–Trinajstić information content (AvgIpc) is 2.64. The van der Waals surface area contributed by atoms with Crippen LogP contribution in [-0.4, -0.2) is 23.4 Å². The highest BCUT2D eigenvalue weighted by molar-refractivity contribution is 5.76. The van der Waals surface area contributed by atoms with Crippen LogP contribution in [0.15, 0.2) is 30.3 Å². The minimum atomic E-state index is -1.26. The number of benzene rings is 1. The number of rotatable bonds is 2. The molecular weight excluding hydrogens is 194 g/mol. The maximum absolute atomic E-state index is 10.9. The van der Waals surface area contributed by atoms with Gasteiger partial charge < -0.3 is 9.84 Å². The molecule has 15 heavy (non-hydrogen) atoms. The molecule has 80 valence electrons. The Kier molecular flexibility index (Phi) is 2.46. The van der Waals surface area contributed by atoms with Gasteiger partial charge in [0.15, 0.2) is 0 Å². The molecule has 0 amide bonds. The fraction of sp³-hybridized carbons (Fsp3) is 0.364. The van der Waals surface area contributed by atoms with Crippen molar-refractivity contribution in [3.05, 3.63) is 35.9 Å². The molecule has 0 bridgehead atoms. The van der Waals surface area contributed by atoms with Gasteiger partial charge in [0.2, 0.25) is 5.72 Å². The van der Waals surface area contributed by atoms with Crippen LogP contribution in [0.4, 0.5) is 0 Å². The van der Waals surface area contributed by atoms with Crippen LogP contribution in [0.1, 0.15) is 18.5 Å². The third-order valence-electron chi connectivity index (χ3n) is 2.60. The van der Waals surface area contributed by atoms with E-state index in [0.29, 0.717) is 6.61 Å². The van der Waals surface area contributed by atoms with E-state index in [-0.39, 0.29) is 6.04 Å². The van der Waals surface area contributed by atoms with Gasteiger partial charge in [-0.3, -0.25) is 5.32 Å². The van der Waals surface area contributed by atoms with E-state index in [1.807, 2.05) is 30.3 Å². The summed E-state index contributed by atoms with van der Waals surface area (Å²) in [5.41, 5.74) is -0.219. The molecule has 2 rings (SSSR count). The number of carboxylic acids is 1. The summed E-state index contributed by atoms with van der Waals surface area (Å²) in [6.45, 7) is 1.91. The van der Waals surface area contributed by atoms with Gasteiger partial charge in [0.1, 0.15) is 0 Å². The van der Waals surface area contributed by atoms with E-state index in [1.54, 1.807) is 0 Å². The lowest BCUT2D eigenvalue weighted by molar-refractivity contribution is -0.160. The largest absolute Gasteiger partial charge is 0.478 e. The maximum atomic E-state index is 10.9. The summed E-state index contributed by atoms with van der Waals surface area (Å²) in [7, 11) is 0. The molecule has 1 aromatic rings. The van der Waals surface area contributed by atoms with Crippen molar-refractivity contribution in [2.24, 2.45) is 0 Å². The van der Waals surface area contributed by atoms with Gasteiger partial charge in [0, 0.05) is 0 Å². The molecular formula is C11H13NO3. The summed E-state index contributed by atoms with van der Waals surface area (Å²) in [6, 6.07) is 9.63. The Morgan fingerprint density at radius 3 is 2.73 bits per heavy atom. The van der Waals surface area contributed by atoms with Crippen LogP contribution in [-0.2, 0) is 9.53 Å². The van der Waals surface area contributed by atoms with E-state index >= 15 is 0 Å². The van der Waals surface area contributed by atoms with Crippen LogP contribution in [0.5, 0.6) is 0 Å². The van der Waals surface area contributed by atoms with Crippen LogP contribution in [0.25, 0.3) is 0 Å². The predicted molar refractivity (Wildman–Crippen MR) is 54.3 cm³/mol. The Morgan fingerprint density at radius 1 is 1.53 bits per heavy atom. The number of carboxylic acid groups (broad SMARTS) is 1. The van der Waals surface area contributed by atoms with E-state index < -0.39 is 11.7 Å². The topological polar surface area (TPSA) is 58.6 Å². The van der Waals surface area contributed by atoms with Crippen LogP contribution in [0.2, 0.25) is 0 Å². The quantitative estimate of drug-likeness (QED) is 0.763. The highest BCUT2D eigenvalue weighted by Gasteiger charge is 2.42. The van der Waals surface area contributed by atoms with Gasteiger partial charge in [0.25, 0.3) is 0 Å². The molecule has 0 aromatic heterocycles. The predicted octanol–water partition coefficient (Wildman–Crippen LogP) is 1.15. The van der Waals surface area contributed by atoms with Gasteiger partial charge in [-0.15, -0.1) is 0 Å². The second-order valence-corrected chi connectivity index (χ2v) is 3.76. The highest BCUT2D eigenvalue weighted by Crippen LogP contribution is 2.25. The zero-order valence-corrected chi connectivity index (χ0v) is 8.43. The standard InChI is InChI=1S/C11H13NO3/c1-11(10(13)14)12-9(7-15-11)8-5-3-2-4-6-8/h2-6,9,12H,7H2,1H3,(H,13,14). The van der Waals surface area contributed by atoms with E-state index in [1.165, 1.54) is 6.92 Å². The van der Waals surface area contributed by atoms with Gasteiger partial charge in [-0.2, -0.15) is 0 Å². The fourth-order valence-corrected chi connectivity index (χ4v) is 1.65. The van der Waals surface area contributed by atoms with Gasteiger partial charge in [0.05, 0.1) is 12.6 Å². The minimum Gasteiger partial charge on any atom is -0.478 e. The summed E-state index contributed by atoms with van der Waals surface area (Å²) >= 11 is 0. The van der Waals surface area contributed by atoms with E-state index in [4.69, 9.17) is 9.84 Å². The summed E-state index contributed by atoms with van der Waals surface area (Å²) in [5.74, 6) is -0.985. The zero-order valence-electron chi connectivity index (χ0n) is 8.43. The molecule has 2 N–H and O–H groups in total. The number of nitrogens with one attached hydrogen (secondary N) is 1. The highest BCUT2D eigenvalue weighted by atomic mass is 16.6. The Balaban J connectivity index is 2.14. The Morgan fingerprint density at radius 2 is 2.20 bits per heavy atom. The lowest BCUT2D eigenvalue weighted by Crippen LogP contribution is -2.46. The monoisotopic (exact) mass is 207 g/mol. The lowest BCUT2D eigenvalue weighted by Gasteiger charge is -2.18. The van der Waals surface area contributed by atoms with Gasteiger partial charge in [-0.25, -0.2) is 4.79 Å². The van der Waals surface area contributed by atoms with Crippen LogP contribution in [0, 0.1) is 0 Å². The van der Waals surface area contributed by atoms with Crippen molar-refractivity contribution >= 4 is 5.97 Å². The fourth-order valence-electron chi connectivity index (χ4n) is 1.65. The Labute approximate surface area is 87.9 Å². The molecule has 1 aliphatic heterocycles. The molecule has 2 atom stereocenters. The molecule has 1 fully saturated rings. The first-order valence-corrected chi connectivity index (χ1v) is 4.82. The van der Waals surface area contributed by atoms with Gasteiger partial charge in [-0.05, 0) is 12.5 Å². The van der Waals surface area contributed by atoms with Crippen LogP contribution < -0.4 is 5.32 Å². The molecule has 4 nitrogen and oxygen atoms in total. The first kappa shape index (κ1) is 10.1. The van der Waals surface area contributed by atoms with E-state index in [2.05, 4.69) is 5.32 Å². The van der Waals surface area contributed by atoms with Crippen molar-refractivity contribution in [3.8, 4) is 0 Å². The molecule has 1 aliphatic rings. The molecule has 1 heterocycles. The second-order valence-electron chi connectivity index (χ2n) is 3.76. The Hall–Kier alpha value is -1.39. The van der Waals surface area contributed by atoms with Gasteiger partial charge >= 0.3 is 5.97 Å². The number of aliphatic carboxylic acids is 1. The summed E-state index contributed by atoms with van der Waals surface area (Å²) in [5, 5.41) is 11.9. The van der Waals surface area contributed by atoms with Gasteiger partial charge in [-0.1, -0.05) is 30.3 Å². The third-order valence-corrected chi connectivity index (χ3v) is 2.60. The van der Waals surface area contributed by atoms with Crippen LogP contribution >= 0.6 is 0 Å². The molecule has 0 spiro atoms. The molecule has 0 aliphatic carbocycles. The zero-order chi connectivity index (χ0) is 10.9. The third kappa shape index (κ3) is 1.86. The Bertz CT molecular complexity index is 365. The second kappa shape index (κ2) is 3.64. The van der Waals surface area contributed by atoms with E-state index in [9.17, 15) is 4.79 Å². The number of ether oxygens (including phenoxy) is 1. The number of hydrogen-bond acceptors (Lipinski definition) is 3. The molecule has 2 unspecified atom stereocenters. The van der Waals surface area contributed by atoms with Crippen molar-refractivity contribution in [1.82, 2.24) is 5.32 Å². The SMILES string of the molecule is CC1(C(=O)O)NC(c2ccccc2)CO1. The maximum Gasteiger partial charge on any atom is 0.351 e. The van der Waals surface area contributed by atoms with Crippen molar-refractivity contribution in [3.63, 3.8) is 0 Å². The normalized spacial score (nSPS) is 30.3. The number of carbonyl (C=O) groups is 1. The van der Waals surface area contributed by atoms with Crippen molar-refractivity contribution in [2.75, 3.05) is 6.61 Å². The van der Waals surface area contributed by atoms with Crippen molar-refractivity contribution in [2.45, 2.75) is 18.7 Å². The molecule has 0 saturated carbocycles. The lowest BCUT2D eigenvalue weighted by atomic mass is 10.1. The summed E-state index contributed by atoms with van der Waals surface area (Å²) in [6.07, 6.45) is 0. The summed E-state index contributed by atoms with van der Waals surface area (Å²) in [4.78, 5) is 10.9. The average molecular weight is 207 g/mol. The first-order chi connectivity index (χ1) is 7.12. The summed E-state index contributed by atoms with van der Waals surface area (Å²) < 4.78 is 5.26. The minimum absolute atomic E-state index is 0.0488.